The van der Waals surface area contributed by atoms with Crippen molar-refractivity contribution in [1.82, 2.24) is 10.2 Å². The van der Waals surface area contributed by atoms with Gasteiger partial charge in [-0.25, -0.2) is 0 Å². The number of allylic oxidation sites excluding steroid dienone is 3. The second kappa shape index (κ2) is 15.9. The fraction of sp³-hybridized carbons (Fsp3) is 0.568. The smallest absolute Gasteiger partial charge is 0.264 e. The molecule has 5 aliphatic heterocycles. The molecule has 2 aromatic rings. The van der Waals surface area contributed by atoms with E-state index >= 15 is 4.79 Å². The van der Waals surface area contributed by atoms with Crippen LogP contribution in [0.3, 0.4) is 0 Å². The third-order valence-electron chi connectivity index (χ3n) is 13.2. The van der Waals surface area contributed by atoms with Crippen LogP contribution >= 0.6 is 0 Å². The molecule has 5 aliphatic rings. The number of nitrogens with one attached hydrogen (secondary N) is 1. The Morgan fingerprint density at radius 1 is 1.02 bits per heavy atom. The maximum atomic E-state index is 15.2. The second-order valence-electron chi connectivity index (χ2n) is 17.5. The van der Waals surface area contributed by atoms with E-state index in [-0.39, 0.29) is 36.8 Å². The average Bonchev–Trinajstić information content (AvgIpc) is 3.90. The summed E-state index contributed by atoms with van der Waals surface area (Å²) in [6, 6.07) is 15.8. The summed E-state index contributed by atoms with van der Waals surface area (Å²) in [5.41, 5.74) is 2.97. The van der Waals surface area contributed by atoms with Crippen LogP contribution in [0, 0.1) is 5.92 Å². The summed E-state index contributed by atoms with van der Waals surface area (Å²) in [6.45, 7) is 14.7. The molecule has 0 aliphatic carbocycles. The molecule has 2 aromatic carbocycles. The summed E-state index contributed by atoms with van der Waals surface area (Å²) >= 11 is 0. The van der Waals surface area contributed by atoms with Gasteiger partial charge in [0.15, 0.2) is 13.9 Å². The summed E-state index contributed by atoms with van der Waals surface area (Å²) in [5, 5.41) is 13.5. The molecule has 0 aromatic heterocycles. The van der Waals surface area contributed by atoms with Crippen LogP contribution in [0.15, 0.2) is 71.8 Å². The van der Waals surface area contributed by atoms with E-state index in [1.807, 2.05) is 61.3 Å². The van der Waals surface area contributed by atoms with Gasteiger partial charge in [-0.15, -0.1) is 0 Å². The molecule has 5 heterocycles. The molecule has 0 radical (unpaired) electrons. The fourth-order valence-electron chi connectivity index (χ4n) is 10.4. The highest BCUT2D eigenvalue weighted by Crippen LogP contribution is 2.60. The predicted octanol–water partition coefficient (Wildman–Crippen LogP) is 5.83. The van der Waals surface area contributed by atoms with Gasteiger partial charge in [-0.3, -0.25) is 19.3 Å². The summed E-state index contributed by atoms with van der Waals surface area (Å²) in [4.78, 5) is 63.4. The first-order chi connectivity index (χ1) is 26.7. The monoisotopic (exact) mass is 783 g/mol. The Bertz CT molecular complexity index is 1870. The lowest BCUT2D eigenvalue weighted by Crippen LogP contribution is -2.55. The number of para-hydroxylation sites is 1. The van der Waals surface area contributed by atoms with Gasteiger partial charge in [-0.1, -0.05) is 48.4 Å². The molecule has 4 fully saturated rings. The minimum Gasteiger partial charge on any atom is -0.432 e. The number of piperidine rings is 1. The minimum absolute atomic E-state index is 0.0170. The number of amides is 3. The zero-order chi connectivity index (χ0) is 40.0. The minimum atomic E-state index is -3.04. The van der Waals surface area contributed by atoms with E-state index in [1.54, 1.807) is 9.80 Å². The molecule has 7 rings (SSSR count). The first-order valence-electron chi connectivity index (χ1n) is 20.6. The molecule has 0 unspecified atom stereocenters. The molecule has 0 saturated carbocycles. The van der Waals surface area contributed by atoms with E-state index < -0.39 is 37.0 Å². The number of ether oxygens (including phenoxy) is 1. The number of likely N-dealkylation sites (tertiary alicyclic amines) is 1. The van der Waals surface area contributed by atoms with E-state index in [2.05, 4.69) is 55.3 Å². The van der Waals surface area contributed by atoms with Crippen molar-refractivity contribution in [1.29, 1.82) is 0 Å². The van der Waals surface area contributed by atoms with Crippen LogP contribution in [-0.2, 0) is 24.7 Å². The molecular weight excluding hydrogens is 723 g/mol. The van der Waals surface area contributed by atoms with E-state index in [0.717, 1.165) is 50.1 Å². The van der Waals surface area contributed by atoms with Gasteiger partial charge in [-0.2, -0.15) is 0 Å². The zero-order valence-electron chi connectivity index (χ0n) is 34.1. The molecule has 0 bridgehead atoms. The van der Waals surface area contributed by atoms with Gasteiger partial charge in [-0.05, 0) is 116 Å². The maximum absolute atomic E-state index is 15.2. The Morgan fingerprint density at radius 2 is 1.75 bits per heavy atom. The van der Waals surface area contributed by atoms with Crippen LogP contribution in [-0.4, -0.2) is 98.0 Å². The Morgan fingerprint density at radius 3 is 2.43 bits per heavy atom. The van der Waals surface area contributed by atoms with Gasteiger partial charge in [0, 0.05) is 41.5 Å². The summed E-state index contributed by atoms with van der Waals surface area (Å²) in [6.07, 6.45) is 8.38. The maximum Gasteiger partial charge on any atom is 0.264 e. The van der Waals surface area contributed by atoms with Crippen molar-refractivity contribution in [3.8, 4) is 0 Å². The van der Waals surface area contributed by atoms with Crippen molar-refractivity contribution in [3.63, 3.8) is 0 Å². The molecule has 2 spiro atoms. The van der Waals surface area contributed by atoms with Crippen molar-refractivity contribution < 1.29 is 29.0 Å². The first kappa shape index (κ1) is 40.4. The Kier molecular flexibility index (Phi) is 11.4. The van der Waals surface area contributed by atoms with Gasteiger partial charge in [0.1, 0.15) is 5.54 Å². The van der Waals surface area contributed by atoms with Gasteiger partial charge in [0.2, 0.25) is 5.91 Å². The number of hydrogen-bond donors (Lipinski definition) is 3. The molecule has 5 atom stereocenters. The first-order valence-corrected chi connectivity index (χ1v) is 23.7. The number of anilines is 3. The number of fused-ring (bicyclic) bond motifs is 2. The lowest BCUT2D eigenvalue weighted by molar-refractivity contribution is -0.149. The van der Waals surface area contributed by atoms with E-state index in [4.69, 9.17) is 4.74 Å². The standard InChI is InChI=1S/C44H61N5O6Si/c1-30(2)12-10-13-31(3)19-25-47-37-18-17-34(48-29-49(33-14-8-7-9-15-33)43(41(48)52)20-22-45-23-21-43)26-36(37)44(42(47)53)32(4)40(56(5,6)54)38(55-44)27-39(51)46-24-11-16-35(46)28-50/h7-9,12,14-15,17-19,26,32,35,38,40,45,50,54H,10-11,13,16,20-25,27-29H2,1-6H3/b31-19+/t32-,35-,38+,40-,44+/m0/s1. The molecule has 3 N–H and O–H groups in total. The number of carbonyl (C=O) groups is 3. The molecule has 11 nitrogen and oxygen atoms in total. The van der Waals surface area contributed by atoms with Crippen LogP contribution in [0.5, 0.6) is 0 Å². The van der Waals surface area contributed by atoms with Crippen LogP contribution in [0.4, 0.5) is 17.1 Å². The van der Waals surface area contributed by atoms with Crippen molar-refractivity contribution in [2.24, 2.45) is 5.92 Å². The fourth-order valence-corrected chi connectivity index (χ4v) is 12.9. The summed E-state index contributed by atoms with van der Waals surface area (Å²) in [5.74, 6) is -0.741. The third-order valence-corrected chi connectivity index (χ3v) is 15.7. The van der Waals surface area contributed by atoms with E-state index in [0.29, 0.717) is 43.9 Å². The number of aliphatic hydroxyl groups is 1. The molecule has 3 amide bonds. The number of rotatable bonds is 11. The third kappa shape index (κ3) is 7.06. The van der Waals surface area contributed by atoms with E-state index in [9.17, 15) is 19.5 Å². The highest BCUT2D eigenvalue weighted by atomic mass is 28.4. The highest BCUT2D eigenvalue weighted by molar-refractivity contribution is 6.71. The quantitative estimate of drug-likeness (QED) is 0.192. The molecule has 4 saturated heterocycles. The number of carbonyl (C=O) groups excluding carboxylic acids is 3. The zero-order valence-corrected chi connectivity index (χ0v) is 35.1. The van der Waals surface area contributed by atoms with Crippen molar-refractivity contribution in [2.45, 2.75) is 115 Å². The Hall–Kier alpha value is -3.81. The molecular formula is C44H61N5O6Si. The summed E-state index contributed by atoms with van der Waals surface area (Å²) in [7, 11) is -3.04. The van der Waals surface area contributed by atoms with Crippen LogP contribution in [0.2, 0.25) is 18.6 Å². The number of nitrogens with zero attached hydrogens (tertiary/aromatic N) is 4. The van der Waals surface area contributed by atoms with Crippen LogP contribution in [0.25, 0.3) is 0 Å². The number of aliphatic hydroxyl groups excluding tert-OH is 1. The topological polar surface area (TPSA) is 126 Å². The second-order valence-corrected chi connectivity index (χ2v) is 21.5. The molecule has 56 heavy (non-hydrogen) atoms. The van der Waals surface area contributed by atoms with Crippen molar-refractivity contribution >= 4 is 43.1 Å². The van der Waals surface area contributed by atoms with Crippen molar-refractivity contribution in [3.05, 3.63) is 77.4 Å². The largest absolute Gasteiger partial charge is 0.432 e. The van der Waals surface area contributed by atoms with Crippen LogP contribution < -0.4 is 20.0 Å². The summed E-state index contributed by atoms with van der Waals surface area (Å²) < 4.78 is 7.10. The Labute approximate surface area is 333 Å². The van der Waals surface area contributed by atoms with Gasteiger partial charge in [0.05, 0.1) is 37.5 Å². The normalized spacial score (nSPS) is 27.6. The molecule has 302 valence electrons. The van der Waals surface area contributed by atoms with Gasteiger partial charge < -0.3 is 34.7 Å². The number of benzene rings is 2. The average molecular weight is 784 g/mol. The van der Waals surface area contributed by atoms with Crippen molar-refractivity contribution in [2.75, 3.05) is 54.2 Å². The lowest BCUT2D eigenvalue weighted by Gasteiger charge is -2.39. The van der Waals surface area contributed by atoms with E-state index in [1.165, 1.54) is 11.1 Å². The van der Waals surface area contributed by atoms with Gasteiger partial charge in [0.25, 0.3) is 11.8 Å². The molecule has 12 heteroatoms. The van der Waals surface area contributed by atoms with Crippen LogP contribution in [0.1, 0.15) is 78.2 Å². The number of hydrogen-bond acceptors (Lipinski definition) is 8. The highest BCUT2D eigenvalue weighted by Gasteiger charge is 2.67. The van der Waals surface area contributed by atoms with Gasteiger partial charge >= 0.3 is 0 Å². The Balaban J connectivity index is 1.29. The predicted molar refractivity (Wildman–Crippen MR) is 223 cm³/mol. The lowest BCUT2D eigenvalue weighted by atomic mass is 9.82. The SMILES string of the molecule is CC(C)=CCC/C(C)=C/CN1C(=O)[C@]2(O[C@H](CC(=O)N3CCC[C@H]3CO)[C@@H]([Si](C)(C)O)[C@@H]2C)c2cc(N3CN(c4ccccc4)C4(CCNCC4)C3=O)ccc21.